The van der Waals surface area contributed by atoms with Crippen LogP contribution in [0.2, 0.25) is 0 Å². The second kappa shape index (κ2) is 27.4. The molecule has 2 aromatic rings. The minimum atomic E-state index is -0.0462. The Balaban J connectivity index is 1.44. The molecule has 5 heteroatoms. The number of rotatable bonds is 29. The largest absolute Gasteiger partial charge is 0.494 e. The lowest BCUT2D eigenvalue weighted by atomic mass is 10.0. The Morgan fingerprint density at radius 2 is 1.00 bits per heavy atom. The Hall–Kier alpha value is -2.69. The number of aryl methyl sites for hydroxylation is 1. The molecule has 0 bridgehead atoms. The number of esters is 1. The first-order chi connectivity index (χ1) is 22.6. The van der Waals surface area contributed by atoms with E-state index in [-0.39, 0.29) is 11.9 Å². The topological polar surface area (TPSA) is 60.3 Å². The molecule has 0 aliphatic rings. The van der Waals surface area contributed by atoms with Crippen LogP contribution in [0.3, 0.4) is 0 Å². The van der Waals surface area contributed by atoms with Gasteiger partial charge in [0, 0.05) is 0 Å². The van der Waals surface area contributed by atoms with Gasteiger partial charge in [-0.3, -0.25) is 4.79 Å². The molecular formula is C41H66N2O3. The number of carbonyl (C=O) groups is 1. The van der Waals surface area contributed by atoms with Crippen molar-refractivity contribution in [2.45, 2.75) is 162 Å². The summed E-state index contributed by atoms with van der Waals surface area (Å²) in [5.41, 5.74) is 3.12. The third-order valence-corrected chi connectivity index (χ3v) is 8.94. The molecule has 0 amide bonds. The van der Waals surface area contributed by atoms with Gasteiger partial charge in [-0.05, 0) is 74.1 Å². The predicted molar refractivity (Wildman–Crippen MR) is 195 cm³/mol. The maximum Gasteiger partial charge on any atom is 0.308 e. The van der Waals surface area contributed by atoms with Crippen LogP contribution in [0.15, 0.2) is 58.8 Å². The average molecular weight is 635 g/mol. The van der Waals surface area contributed by atoms with Crippen molar-refractivity contribution in [3.63, 3.8) is 0 Å². The molecule has 1 unspecified atom stereocenters. The predicted octanol–water partition coefficient (Wildman–Crippen LogP) is 13.4. The molecule has 2 aromatic carbocycles. The highest BCUT2D eigenvalue weighted by Gasteiger charge is 2.11. The lowest BCUT2D eigenvalue weighted by Crippen LogP contribution is -2.14. The van der Waals surface area contributed by atoms with Gasteiger partial charge in [-0.1, -0.05) is 142 Å². The Labute approximate surface area is 282 Å². The summed E-state index contributed by atoms with van der Waals surface area (Å²) in [5, 5.41) is 8.84. The second-order valence-electron chi connectivity index (χ2n) is 13.2. The number of azo groups is 1. The normalized spacial score (nSPS) is 12.1. The standard InChI is InChI=1S/C41H66N2O3/c1-4-6-7-8-9-10-13-16-19-22-25-37-26-28-38(29-27-37)42-43-39-30-32-40(33-31-39)45-34-23-20-17-14-11-12-15-18-21-24-35-46-41(44)36(3)5-2/h26-33,36H,4-25,34-35H2,1-3H3. The zero-order chi connectivity index (χ0) is 32.9. The van der Waals surface area contributed by atoms with Crippen molar-refractivity contribution < 1.29 is 14.3 Å². The van der Waals surface area contributed by atoms with E-state index in [4.69, 9.17) is 9.47 Å². The van der Waals surface area contributed by atoms with Crippen LogP contribution in [0.1, 0.15) is 161 Å². The molecule has 1 atom stereocenters. The van der Waals surface area contributed by atoms with Crippen molar-refractivity contribution in [3.05, 3.63) is 54.1 Å². The third kappa shape index (κ3) is 20.4. The van der Waals surface area contributed by atoms with Crippen molar-refractivity contribution in [1.82, 2.24) is 0 Å². The minimum Gasteiger partial charge on any atom is -0.494 e. The van der Waals surface area contributed by atoms with E-state index in [0.717, 1.165) is 55.8 Å². The van der Waals surface area contributed by atoms with Gasteiger partial charge in [-0.2, -0.15) is 10.2 Å². The zero-order valence-electron chi connectivity index (χ0n) is 29.8. The van der Waals surface area contributed by atoms with E-state index in [0.29, 0.717) is 6.61 Å². The summed E-state index contributed by atoms with van der Waals surface area (Å²) in [6.07, 6.45) is 27.9. The molecule has 0 aromatic heterocycles. The molecule has 0 aliphatic heterocycles. The highest BCUT2D eigenvalue weighted by Crippen LogP contribution is 2.23. The van der Waals surface area contributed by atoms with E-state index in [1.807, 2.05) is 38.1 Å². The number of nitrogens with zero attached hydrogens (tertiary/aromatic N) is 2. The summed E-state index contributed by atoms with van der Waals surface area (Å²) in [4.78, 5) is 11.7. The van der Waals surface area contributed by atoms with Crippen LogP contribution in [0, 0.1) is 5.92 Å². The number of unbranched alkanes of at least 4 members (excludes halogenated alkanes) is 18. The van der Waals surface area contributed by atoms with Crippen LogP contribution < -0.4 is 4.74 Å². The molecule has 0 heterocycles. The summed E-state index contributed by atoms with van der Waals surface area (Å²) in [6.45, 7) is 7.57. The first-order valence-corrected chi connectivity index (χ1v) is 19.0. The first kappa shape index (κ1) is 39.5. The highest BCUT2D eigenvalue weighted by molar-refractivity contribution is 5.71. The maximum atomic E-state index is 11.7. The van der Waals surface area contributed by atoms with Gasteiger partial charge >= 0.3 is 5.97 Å². The number of carbonyl (C=O) groups excluding carboxylic acids is 1. The smallest absolute Gasteiger partial charge is 0.308 e. The number of benzene rings is 2. The molecule has 0 fully saturated rings. The van der Waals surface area contributed by atoms with Crippen molar-refractivity contribution in [2.24, 2.45) is 16.1 Å². The Kier molecular flexibility index (Phi) is 23.5. The van der Waals surface area contributed by atoms with Crippen LogP contribution in [0.25, 0.3) is 0 Å². The lowest BCUT2D eigenvalue weighted by molar-refractivity contribution is -0.148. The molecule has 0 aliphatic carbocycles. The van der Waals surface area contributed by atoms with Crippen LogP contribution in [-0.4, -0.2) is 19.2 Å². The van der Waals surface area contributed by atoms with Crippen molar-refractivity contribution in [2.75, 3.05) is 13.2 Å². The molecule has 0 radical (unpaired) electrons. The molecule has 0 saturated carbocycles. The first-order valence-electron chi connectivity index (χ1n) is 19.0. The van der Waals surface area contributed by atoms with E-state index in [2.05, 4.69) is 41.4 Å². The molecule has 5 nitrogen and oxygen atoms in total. The minimum absolute atomic E-state index is 0.0273. The molecular weight excluding hydrogens is 568 g/mol. The van der Waals surface area contributed by atoms with Crippen LogP contribution in [0.4, 0.5) is 11.4 Å². The average Bonchev–Trinajstić information content (AvgIpc) is 3.08. The number of hydrogen-bond donors (Lipinski definition) is 0. The summed E-state index contributed by atoms with van der Waals surface area (Å²) < 4.78 is 11.3. The Morgan fingerprint density at radius 3 is 1.50 bits per heavy atom. The van der Waals surface area contributed by atoms with Gasteiger partial charge in [0.05, 0.1) is 30.5 Å². The Morgan fingerprint density at radius 1 is 0.565 bits per heavy atom. The van der Waals surface area contributed by atoms with Gasteiger partial charge in [-0.25, -0.2) is 0 Å². The maximum absolute atomic E-state index is 11.7. The quantitative estimate of drug-likeness (QED) is 0.0508. The molecule has 0 spiro atoms. The van der Waals surface area contributed by atoms with Crippen LogP contribution >= 0.6 is 0 Å². The fourth-order valence-electron chi connectivity index (χ4n) is 5.56. The van der Waals surface area contributed by atoms with Crippen molar-refractivity contribution >= 4 is 17.3 Å². The van der Waals surface area contributed by atoms with Gasteiger partial charge < -0.3 is 9.47 Å². The van der Waals surface area contributed by atoms with E-state index in [1.54, 1.807) is 0 Å². The highest BCUT2D eigenvalue weighted by atomic mass is 16.5. The van der Waals surface area contributed by atoms with Gasteiger partial charge in [0.1, 0.15) is 5.75 Å². The SMILES string of the molecule is CCCCCCCCCCCCc1ccc(N=Nc2ccc(OCCCCCCCCCCCCOC(=O)C(C)CC)cc2)cc1. The van der Waals surface area contributed by atoms with Gasteiger partial charge in [0.15, 0.2) is 0 Å². The van der Waals surface area contributed by atoms with Gasteiger partial charge in [0.2, 0.25) is 0 Å². The lowest BCUT2D eigenvalue weighted by Gasteiger charge is -2.09. The molecule has 258 valence electrons. The van der Waals surface area contributed by atoms with E-state index >= 15 is 0 Å². The molecule has 2 rings (SSSR count). The number of ether oxygens (including phenoxy) is 2. The summed E-state index contributed by atoms with van der Waals surface area (Å²) in [7, 11) is 0. The van der Waals surface area contributed by atoms with E-state index in [1.165, 1.54) is 115 Å². The number of hydrogen-bond acceptors (Lipinski definition) is 5. The Bertz CT molecular complexity index is 1020. The fraction of sp³-hybridized carbons (Fsp3) is 0.683. The van der Waals surface area contributed by atoms with Crippen molar-refractivity contribution in [3.8, 4) is 5.75 Å². The van der Waals surface area contributed by atoms with Crippen LogP contribution in [-0.2, 0) is 16.0 Å². The second-order valence-corrected chi connectivity index (χ2v) is 13.2. The summed E-state index contributed by atoms with van der Waals surface area (Å²) >= 11 is 0. The summed E-state index contributed by atoms with van der Waals surface area (Å²) in [5.74, 6) is 0.875. The molecule has 46 heavy (non-hydrogen) atoms. The molecule has 0 N–H and O–H groups in total. The van der Waals surface area contributed by atoms with Crippen LogP contribution in [0.5, 0.6) is 5.75 Å². The van der Waals surface area contributed by atoms with E-state index < -0.39 is 0 Å². The zero-order valence-corrected chi connectivity index (χ0v) is 29.8. The summed E-state index contributed by atoms with van der Waals surface area (Å²) in [6, 6.07) is 16.4. The molecule has 0 saturated heterocycles. The van der Waals surface area contributed by atoms with Gasteiger partial charge in [-0.15, -0.1) is 0 Å². The van der Waals surface area contributed by atoms with Crippen molar-refractivity contribution in [1.29, 1.82) is 0 Å². The third-order valence-electron chi connectivity index (χ3n) is 8.94. The monoisotopic (exact) mass is 635 g/mol. The van der Waals surface area contributed by atoms with Gasteiger partial charge in [0.25, 0.3) is 0 Å². The fourth-order valence-corrected chi connectivity index (χ4v) is 5.56. The van der Waals surface area contributed by atoms with E-state index in [9.17, 15) is 4.79 Å².